The Morgan fingerprint density at radius 3 is 2.64 bits per heavy atom. The van der Waals surface area contributed by atoms with Crippen LogP contribution in [0.1, 0.15) is 43.8 Å². The number of carbonyl (C=O) groups is 2. The minimum absolute atomic E-state index is 0.106. The van der Waals surface area contributed by atoms with Gasteiger partial charge >= 0.3 is 0 Å². The lowest BCUT2D eigenvalue weighted by molar-refractivity contribution is -0.129. The quantitative estimate of drug-likeness (QED) is 0.850. The maximum Gasteiger partial charge on any atom is 0.274 e. The van der Waals surface area contributed by atoms with Crippen molar-refractivity contribution in [3.63, 3.8) is 0 Å². The Labute approximate surface area is 163 Å². The van der Waals surface area contributed by atoms with Crippen molar-refractivity contribution in [2.75, 3.05) is 17.2 Å². The molecule has 1 atom stereocenters. The van der Waals surface area contributed by atoms with Crippen LogP contribution >= 0.6 is 0 Å². The number of anilines is 2. The third kappa shape index (κ3) is 3.78. The highest BCUT2D eigenvalue weighted by Crippen LogP contribution is 2.37. The number of rotatable bonds is 4. The molecule has 2 amide bonds. The van der Waals surface area contributed by atoms with Crippen LogP contribution in [0.2, 0.25) is 0 Å². The van der Waals surface area contributed by atoms with Gasteiger partial charge in [0.15, 0.2) is 11.6 Å². The molecule has 7 heteroatoms. The van der Waals surface area contributed by atoms with Gasteiger partial charge < -0.3 is 15.8 Å². The number of nitrogens with zero attached hydrogens (tertiary/aromatic N) is 2. The van der Waals surface area contributed by atoms with E-state index in [2.05, 4.69) is 10.3 Å². The van der Waals surface area contributed by atoms with Gasteiger partial charge in [0.25, 0.3) is 5.91 Å². The predicted octanol–water partition coefficient (Wildman–Crippen LogP) is 2.58. The molecule has 2 aromatic rings. The van der Waals surface area contributed by atoms with Gasteiger partial charge in [0.1, 0.15) is 12.4 Å². The van der Waals surface area contributed by atoms with Crippen LogP contribution in [0.5, 0.6) is 5.75 Å². The summed E-state index contributed by atoms with van der Waals surface area (Å²) in [6.07, 6.45) is 4.61. The summed E-state index contributed by atoms with van der Waals surface area (Å²) in [5.41, 5.74) is 6.54. The zero-order valence-corrected chi connectivity index (χ0v) is 15.6. The number of nitrogens with two attached hydrogens (primary N) is 1. The third-order valence-electron chi connectivity index (χ3n) is 5.23. The number of fused-ring (bicyclic) bond motifs is 1. The molecule has 28 heavy (non-hydrogen) atoms. The molecule has 1 fully saturated rings. The second kappa shape index (κ2) is 7.88. The van der Waals surface area contributed by atoms with Crippen molar-refractivity contribution < 1.29 is 14.3 Å². The van der Waals surface area contributed by atoms with Crippen molar-refractivity contribution in [1.82, 2.24) is 10.3 Å². The van der Waals surface area contributed by atoms with E-state index < -0.39 is 6.10 Å². The minimum Gasteiger partial charge on any atom is -0.472 e. The molecule has 146 valence electrons. The molecule has 1 saturated carbocycles. The Balaban J connectivity index is 1.59. The normalized spacial score (nSPS) is 19.6. The van der Waals surface area contributed by atoms with Crippen molar-refractivity contribution in [2.24, 2.45) is 0 Å². The van der Waals surface area contributed by atoms with Gasteiger partial charge in [-0.25, -0.2) is 4.98 Å². The van der Waals surface area contributed by atoms with Crippen molar-refractivity contribution in [3.05, 3.63) is 48.0 Å². The number of carbonyl (C=O) groups excluding carboxylic acids is 2. The summed E-state index contributed by atoms with van der Waals surface area (Å²) >= 11 is 0. The zero-order valence-electron chi connectivity index (χ0n) is 15.6. The average molecular weight is 380 g/mol. The van der Waals surface area contributed by atoms with Crippen LogP contribution in [-0.2, 0) is 9.59 Å². The van der Waals surface area contributed by atoms with E-state index in [1.54, 1.807) is 12.1 Å². The smallest absolute Gasteiger partial charge is 0.274 e. The van der Waals surface area contributed by atoms with E-state index in [0.29, 0.717) is 5.75 Å². The van der Waals surface area contributed by atoms with E-state index in [1.807, 2.05) is 30.3 Å². The third-order valence-corrected chi connectivity index (χ3v) is 5.23. The summed E-state index contributed by atoms with van der Waals surface area (Å²) in [7, 11) is 0. The molecular formula is C21H24N4O3. The number of ether oxygens (including phenoxy) is 1. The van der Waals surface area contributed by atoms with Gasteiger partial charge in [-0.15, -0.1) is 0 Å². The molecule has 0 radical (unpaired) electrons. The van der Waals surface area contributed by atoms with Crippen LogP contribution in [0, 0.1) is 0 Å². The second-order valence-corrected chi connectivity index (χ2v) is 7.29. The number of amides is 2. The molecule has 1 aliphatic carbocycles. The van der Waals surface area contributed by atoms with Crippen LogP contribution in [0.4, 0.5) is 11.6 Å². The van der Waals surface area contributed by atoms with Crippen LogP contribution in [0.15, 0.2) is 42.5 Å². The van der Waals surface area contributed by atoms with E-state index in [9.17, 15) is 9.59 Å². The molecule has 0 spiro atoms. The fourth-order valence-electron chi connectivity index (χ4n) is 3.81. The number of nitrogen functional groups attached to an aromatic ring is 1. The van der Waals surface area contributed by atoms with Gasteiger partial charge in [-0.3, -0.25) is 14.5 Å². The summed E-state index contributed by atoms with van der Waals surface area (Å²) in [4.78, 5) is 31.5. The maximum absolute atomic E-state index is 13.2. The van der Waals surface area contributed by atoms with Crippen LogP contribution in [-0.4, -0.2) is 29.4 Å². The van der Waals surface area contributed by atoms with Crippen LogP contribution < -0.4 is 20.7 Å². The lowest BCUT2D eigenvalue weighted by Crippen LogP contribution is -2.49. The molecule has 1 aromatic carbocycles. The van der Waals surface area contributed by atoms with E-state index >= 15 is 0 Å². The van der Waals surface area contributed by atoms with Gasteiger partial charge in [0, 0.05) is 11.6 Å². The first-order valence-corrected chi connectivity index (χ1v) is 9.70. The van der Waals surface area contributed by atoms with Crippen molar-refractivity contribution >= 4 is 23.5 Å². The molecule has 0 bridgehead atoms. The Morgan fingerprint density at radius 2 is 1.89 bits per heavy atom. The van der Waals surface area contributed by atoms with Gasteiger partial charge in [-0.1, -0.05) is 49.6 Å². The standard InChI is InChI=1S/C21H24N4O3/c22-17-12-11-16-20(24-17)25(13-18(26)23-15-9-5-2-6-10-15)21(27)19(28-16)14-7-3-1-4-8-14/h1,3-4,7-8,11-12,15,19H,2,5-6,9-10,13H2,(H2,22,24)(H,23,26). The highest BCUT2D eigenvalue weighted by atomic mass is 16.5. The Kier molecular flexibility index (Phi) is 5.14. The van der Waals surface area contributed by atoms with Gasteiger partial charge in [0.05, 0.1) is 0 Å². The summed E-state index contributed by atoms with van der Waals surface area (Å²) in [6.45, 7) is -0.106. The average Bonchev–Trinajstić information content (AvgIpc) is 2.71. The fraction of sp³-hybridized carbons (Fsp3) is 0.381. The Hall–Kier alpha value is -3.09. The molecule has 2 heterocycles. The number of hydrogen-bond donors (Lipinski definition) is 2. The minimum atomic E-state index is -0.818. The van der Waals surface area contributed by atoms with Crippen molar-refractivity contribution in [3.8, 4) is 5.75 Å². The first-order valence-electron chi connectivity index (χ1n) is 9.70. The van der Waals surface area contributed by atoms with E-state index in [0.717, 1.165) is 31.2 Å². The van der Waals surface area contributed by atoms with E-state index in [-0.39, 0.29) is 36.0 Å². The monoisotopic (exact) mass is 380 g/mol. The van der Waals surface area contributed by atoms with Crippen molar-refractivity contribution in [1.29, 1.82) is 0 Å². The highest BCUT2D eigenvalue weighted by Gasteiger charge is 2.37. The number of aromatic nitrogens is 1. The number of hydrogen-bond acceptors (Lipinski definition) is 5. The van der Waals surface area contributed by atoms with Gasteiger partial charge in [-0.05, 0) is 25.0 Å². The summed E-state index contributed by atoms with van der Waals surface area (Å²) in [5, 5.41) is 3.05. The molecule has 1 aromatic heterocycles. The van der Waals surface area contributed by atoms with E-state index in [1.165, 1.54) is 11.3 Å². The summed E-state index contributed by atoms with van der Waals surface area (Å²) in [6, 6.07) is 12.7. The van der Waals surface area contributed by atoms with Gasteiger partial charge in [0.2, 0.25) is 12.0 Å². The Bertz CT molecular complexity index is 865. The highest BCUT2D eigenvalue weighted by molar-refractivity contribution is 6.03. The van der Waals surface area contributed by atoms with Crippen LogP contribution in [0.25, 0.3) is 0 Å². The number of nitrogens with one attached hydrogen (secondary N) is 1. The van der Waals surface area contributed by atoms with Crippen molar-refractivity contribution in [2.45, 2.75) is 44.2 Å². The largest absolute Gasteiger partial charge is 0.472 e. The first kappa shape index (κ1) is 18.3. The van der Waals surface area contributed by atoms with E-state index in [4.69, 9.17) is 10.5 Å². The second-order valence-electron chi connectivity index (χ2n) is 7.29. The SMILES string of the molecule is Nc1ccc2c(n1)N(CC(=O)NC1CCCCC1)C(=O)C(c1ccccc1)O2. The maximum atomic E-state index is 13.2. The molecule has 4 rings (SSSR count). The predicted molar refractivity (Wildman–Crippen MR) is 106 cm³/mol. The lowest BCUT2D eigenvalue weighted by atomic mass is 9.95. The number of benzene rings is 1. The molecule has 3 N–H and O–H groups in total. The van der Waals surface area contributed by atoms with Gasteiger partial charge in [-0.2, -0.15) is 0 Å². The van der Waals surface area contributed by atoms with Crippen LogP contribution in [0.3, 0.4) is 0 Å². The first-order chi connectivity index (χ1) is 13.6. The molecule has 1 aliphatic heterocycles. The molecule has 1 unspecified atom stereocenters. The zero-order chi connectivity index (χ0) is 19.5. The molecule has 2 aliphatic rings. The summed E-state index contributed by atoms with van der Waals surface area (Å²) < 4.78 is 5.91. The topological polar surface area (TPSA) is 97.5 Å². The summed E-state index contributed by atoms with van der Waals surface area (Å²) in [5.74, 6) is 0.481. The molecule has 0 saturated heterocycles. The molecular weight excluding hydrogens is 356 g/mol. The number of pyridine rings is 1. The Morgan fingerprint density at radius 1 is 1.14 bits per heavy atom. The fourth-order valence-corrected chi connectivity index (χ4v) is 3.81. The molecule has 7 nitrogen and oxygen atoms in total. The lowest BCUT2D eigenvalue weighted by Gasteiger charge is -2.33.